The Morgan fingerprint density at radius 2 is 1.17 bits per heavy atom. The van der Waals surface area contributed by atoms with Crippen LogP contribution in [0.3, 0.4) is 0 Å². The minimum atomic E-state index is -3.48. The summed E-state index contributed by atoms with van der Waals surface area (Å²) in [6.07, 6.45) is 2.04. The van der Waals surface area contributed by atoms with E-state index in [2.05, 4.69) is 33.9 Å². The van der Waals surface area contributed by atoms with Crippen molar-refractivity contribution in [3.63, 3.8) is 0 Å². The normalized spacial score (nSPS) is 14.4. The van der Waals surface area contributed by atoms with Gasteiger partial charge in [-0.2, -0.15) is 12.6 Å². The van der Waals surface area contributed by atoms with Gasteiger partial charge in [0.1, 0.15) is 23.9 Å². The third-order valence-corrected chi connectivity index (χ3v) is 13.9. The van der Waals surface area contributed by atoms with Gasteiger partial charge in [0.2, 0.25) is 23.6 Å². The molecule has 0 saturated heterocycles. The van der Waals surface area contributed by atoms with Gasteiger partial charge < -0.3 is 56.8 Å². The fourth-order valence-corrected chi connectivity index (χ4v) is 9.53. The van der Waals surface area contributed by atoms with Crippen LogP contribution in [0.15, 0.2) is 60.7 Å². The maximum Gasteiger partial charge on any atom is 0.333 e. The van der Waals surface area contributed by atoms with E-state index in [9.17, 15) is 68.2 Å². The Balaban J connectivity index is 1.96. The van der Waals surface area contributed by atoms with Crippen molar-refractivity contribution >= 4 is 90.0 Å². The standard InChI is InChI=1S/C48H68N5O16PS2/c49-35(45(62)52-37(28-43(59)60)46(63)53-38(30-71)47(64)65)29-50-44(61)33(25-31-15-7-5-8-16-31)27-39(55)36(26-32-17-9-6-10-18-32)51-41(56)20-12-4-2-1-3-11-19-34(54)22-23-40(48(66)67)69-70(68,72)24-14-13-21-42(57)58/h5-10,15-18,33,35-38,40,71H,1-4,11-14,19-30,49H2,(H,50,61)(H,51,56)(H,52,62)(H,53,63)(H,57,58)(H,59,60)(H,64,65)(H,66,67)(H,68,72)/t33-,35+,36+,37+,38+,40-,70?/m1/s1. The van der Waals surface area contributed by atoms with Crippen LogP contribution >= 0.6 is 19.1 Å². The monoisotopic (exact) mass is 1070 g/mol. The van der Waals surface area contributed by atoms with Crippen LogP contribution < -0.4 is 27.0 Å². The smallest absolute Gasteiger partial charge is 0.333 e. The zero-order valence-corrected chi connectivity index (χ0v) is 42.6. The first-order valence-electron chi connectivity index (χ1n) is 23.7. The van der Waals surface area contributed by atoms with Gasteiger partial charge in [-0.1, -0.05) is 86.3 Å². The maximum atomic E-state index is 14.1. The lowest BCUT2D eigenvalue weighted by atomic mass is 9.89. The maximum absolute atomic E-state index is 14.1. The van der Waals surface area contributed by atoms with Gasteiger partial charge in [-0.3, -0.25) is 38.4 Å². The lowest BCUT2D eigenvalue weighted by Gasteiger charge is -2.23. The average molecular weight is 1070 g/mol. The predicted octanol–water partition coefficient (Wildman–Crippen LogP) is 2.93. The second-order valence-corrected chi connectivity index (χ2v) is 21.3. The number of carbonyl (C=O) groups is 10. The Labute approximate surface area is 428 Å². The first-order chi connectivity index (χ1) is 34.1. The van der Waals surface area contributed by atoms with E-state index < -0.39 is 103 Å². The van der Waals surface area contributed by atoms with E-state index in [-0.39, 0.29) is 87.8 Å². The number of carboxylic acid groups (broad SMARTS) is 4. The van der Waals surface area contributed by atoms with Crippen LogP contribution in [-0.2, 0) is 77.1 Å². The highest BCUT2D eigenvalue weighted by Crippen LogP contribution is 2.45. The fraction of sp³-hybridized carbons (Fsp3) is 0.542. The van der Waals surface area contributed by atoms with E-state index in [1.807, 2.05) is 0 Å². The number of unbranched alkanes of at least 4 members (excludes halogenated alkanes) is 6. The molecule has 0 radical (unpaired) electrons. The number of hydrogen-bond acceptors (Lipinski definition) is 14. The molecule has 0 aliphatic heterocycles. The summed E-state index contributed by atoms with van der Waals surface area (Å²) in [7, 11) is 0. The highest BCUT2D eigenvalue weighted by atomic mass is 32.5. The molecule has 0 aromatic heterocycles. The number of amides is 4. The van der Waals surface area contributed by atoms with Crippen LogP contribution in [0.25, 0.3) is 0 Å². The van der Waals surface area contributed by atoms with Crippen LogP contribution in [0.2, 0.25) is 0 Å². The summed E-state index contributed by atoms with van der Waals surface area (Å²) in [5.74, 6) is -10.3. The van der Waals surface area contributed by atoms with E-state index in [0.717, 1.165) is 24.0 Å². The van der Waals surface area contributed by atoms with Crippen molar-refractivity contribution in [2.75, 3.05) is 18.5 Å². The Morgan fingerprint density at radius 1 is 0.611 bits per heavy atom. The van der Waals surface area contributed by atoms with Gasteiger partial charge in [-0.05, 0) is 67.9 Å². The zero-order valence-electron chi connectivity index (χ0n) is 40.0. The third-order valence-electron chi connectivity index (χ3n) is 11.2. The van der Waals surface area contributed by atoms with E-state index in [4.69, 9.17) is 27.2 Å². The van der Waals surface area contributed by atoms with E-state index >= 15 is 0 Å². The van der Waals surface area contributed by atoms with Gasteiger partial charge in [-0.15, -0.1) is 0 Å². The van der Waals surface area contributed by atoms with Crippen molar-refractivity contribution in [2.24, 2.45) is 11.7 Å². The van der Waals surface area contributed by atoms with E-state index in [1.54, 1.807) is 60.7 Å². The number of carboxylic acids is 4. The molecule has 398 valence electrons. The summed E-state index contributed by atoms with van der Waals surface area (Å²) in [5.41, 5.74) is 7.51. The molecule has 24 heteroatoms. The zero-order chi connectivity index (χ0) is 53.6. The van der Waals surface area contributed by atoms with Crippen LogP contribution in [0.5, 0.6) is 0 Å². The van der Waals surface area contributed by atoms with Gasteiger partial charge in [0.25, 0.3) is 0 Å². The summed E-state index contributed by atoms with van der Waals surface area (Å²) in [5, 5.41) is 46.6. The molecule has 7 atom stereocenters. The third kappa shape index (κ3) is 26.7. The number of rotatable bonds is 39. The molecule has 2 aromatic rings. The molecule has 2 aromatic carbocycles. The van der Waals surface area contributed by atoms with E-state index in [0.29, 0.717) is 25.7 Å². The van der Waals surface area contributed by atoms with Crippen molar-refractivity contribution < 1.29 is 77.8 Å². The Kier molecular flexibility index (Phi) is 29.5. The molecule has 0 aliphatic rings. The number of Topliss-reactive ketones (excluding diaryl/α,β-unsaturated/α-hetero) is 2. The molecule has 0 heterocycles. The van der Waals surface area contributed by atoms with Crippen molar-refractivity contribution in [1.82, 2.24) is 21.3 Å². The second-order valence-electron chi connectivity index (χ2n) is 17.3. The van der Waals surface area contributed by atoms with Crippen LogP contribution in [-0.4, -0.2) is 133 Å². The Morgan fingerprint density at radius 3 is 1.72 bits per heavy atom. The van der Waals surface area contributed by atoms with Crippen molar-refractivity contribution in [3.05, 3.63) is 71.8 Å². The first kappa shape index (κ1) is 62.5. The molecule has 21 nitrogen and oxygen atoms in total. The first-order valence-corrected chi connectivity index (χ1v) is 27.2. The lowest BCUT2D eigenvalue weighted by molar-refractivity contribution is -0.146. The summed E-state index contributed by atoms with van der Waals surface area (Å²) >= 11 is 8.91. The number of hydrogen-bond donors (Lipinski definition) is 11. The second kappa shape index (κ2) is 34.0. The number of ketones is 2. The molecule has 1 unspecified atom stereocenters. The summed E-state index contributed by atoms with van der Waals surface area (Å²) in [4.78, 5) is 135. The van der Waals surface area contributed by atoms with Crippen LogP contribution in [0.4, 0.5) is 0 Å². The summed E-state index contributed by atoms with van der Waals surface area (Å²) in [6, 6.07) is 12.1. The molecule has 0 spiro atoms. The largest absolute Gasteiger partial charge is 0.481 e. The predicted molar refractivity (Wildman–Crippen MR) is 270 cm³/mol. The lowest BCUT2D eigenvalue weighted by Crippen LogP contribution is -2.57. The molecule has 0 fully saturated rings. The molecule has 0 bridgehead atoms. The minimum absolute atomic E-state index is 0.0375. The van der Waals surface area contributed by atoms with E-state index in [1.165, 1.54) is 0 Å². The van der Waals surface area contributed by atoms with Gasteiger partial charge in [0.15, 0.2) is 18.4 Å². The van der Waals surface area contributed by atoms with Gasteiger partial charge >= 0.3 is 23.9 Å². The molecule has 0 aliphatic carbocycles. The highest BCUT2D eigenvalue weighted by Gasteiger charge is 2.32. The number of aliphatic carboxylic acids is 4. The average Bonchev–Trinajstić information content (AvgIpc) is 3.32. The molecular formula is C48H68N5O16PS2. The topological polar surface area (TPSA) is 355 Å². The minimum Gasteiger partial charge on any atom is -0.481 e. The SMILES string of the molecule is N[C@@H](CNC(=O)[C@@H](CC(=O)[C@H](Cc1ccccc1)NC(=O)CCCCCCCCC(=O)CC[C@@H](OP(O)(=S)CCCCC(=O)O)C(=O)O)Cc1ccccc1)C(=O)N[C@@H](CC(=O)O)C(=O)N[C@@H](CS)C(=O)O. The summed E-state index contributed by atoms with van der Waals surface area (Å²) < 4.78 is 5.29. The quantitative estimate of drug-likeness (QED) is 0.0260. The summed E-state index contributed by atoms with van der Waals surface area (Å²) in [6.45, 7) is -3.97. The highest BCUT2D eigenvalue weighted by molar-refractivity contribution is 8.09. The number of benzene rings is 2. The van der Waals surface area contributed by atoms with Gasteiger partial charge in [0.05, 0.1) is 12.5 Å². The van der Waals surface area contributed by atoms with Crippen molar-refractivity contribution in [3.8, 4) is 0 Å². The van der Waals surface area contributed by atoms with Gasteiger partial charge in [0, 0.05) is 56.5 Å². The van der Waals surface area contributed by atoms with Crippen molar-refractivity contribution in [1.29, 1.82) is 0 Å². The van der Waals surface area contributed by atoms with Crippen LogP contribution in [0, 0.1) is 5.92 Å². The van der Waals surface area contributed by atoms with Gasteiger partial charge in [-0.25, -0.2) is 9.59 Å². The molecular weight excluding hydrogens is 998 g/mol. The molecule has 11 N–H and O–H groups in total. The molecule has 72 heavy (non-hydrogen) atoms. The number of nitrogens with two attached hydrogens (primary N) is 1. The fourth-order valence-electron chi connectivity index (χ4n) is 7.26. The number of nitrogens with one attached hydrogen (secondary N) is 4. The molecule has 0 saturated carbocycles. The van der Waals surface area contributed by atoms with Crippen molar-refractivity contribution in [2.45, 2.75) is 139 Å². The molecule has 2 rings (SSSR count). The number of thiol groups is 1. The van der Waals surface area contributed by atoms with Crippen LogP contribution in [0.1, 0.15) is 107 Å². The number of carbonyl (C=O) groups excluding carboxylic acids is 6. The Bertz CT molecular complexity index is 2170. The molecule has 4 amide bonds. The Hall–Kier alpha value is -5.58.